The Morgan fingerprint density at radius 1 is 1.26 bits per heavy atom. The maximum absolute atomic E-state index is 5.87. The molecule has 1 aromatic heterocycles. The quantitative estimate of drug-likeness (QED) is 0.886. The van der Waals surface area contributed by atoms with E-state index in [1.807, 2.05) is 31.2 Å². The van der Waals surface area contributed by atoms with E-state index in [1.54, 1.807) is 6.20 Å². The molecular weight excluding hydrogens is 290 g/mol. The molecule has 1 aliphatic heterocycles. The number of hydrogen-bond acceptors (Lipinski definition) is 5. The van der Waals surface area contributed by atoms with Crippen molar-refractivity contribution < 1.29 is 9.47 Å². The molecule has 0 saturated heterocycles. The van der Waals surface area contributed by atoms with Crippen molar-refractivity contribution in [3.05, 3.63) is 36.0 Å². The Bertz CT molecular complexity index is 701. The van der Waals surface area contributed by atoms with Crippen LogP contribution in [0.25, 0.3) is 11.1 Å². The van der Waals surface area contributed by atoms with E-state index in [-0.39, 0.29) is 6.04 Å². The van der Waals surface area contributed by atoms with Crippen LogP contribution < -0.4 is 20.9 Å². The molecule has 4 N–H and O–H groups in total. The number of nitrogens with zero attached hydrogens (tertiary/aromatic N) is 1. The van der Waals surface area contributed by atoms with E-state index >= 15 is 0 Å². The molecule has 3 rings (SSSR count). The van der Waals surface area contributed by atoms with Crippen LogP contribution in [0.1, 0.15) is 25.8 Å². The molecule has 2 aromatic rings. The third-order valence-corrected chi connectivity index (χ3v) is 3.94. The van der Waals surface area contributed by atoms with Gasteiger partial charge in [0.05, 0.1) is 6.61 Å². The topological polar surface area (TPSA) is 83.4 Å². The first-order chi connectivity index (χ1) is 11.0. The van der Waals surface area contributed by atoms with E-state index < -0.39 is 0 Å². The second kappa shape index (κ2) is 6.46. The van der Waals surface area contributed by atoms with Crippen LogP contribution >= 0.6 is 0 Å². The standard InChI is InChI=1S/C18H23N3O2/c1-11(5-12(2)19)9-22-14-3-4-15-16-7-18(20)21-8-13(16)10-23-17(15)6-14/h3-4,6-8,11-12H,5,9-10,19H2,1-2H3,(H2,20,21). The van der Waals surface area contributed by atoms with Crippen molar-refractivity contribution >= 4 is 5.82 Å². The summed E-state index contributed by atoms with van der Waals surface area (Å²) < 4.78 is 11.7. The van der Waals surface area contributed by atoms with E-state index in [2.05, 4.69) is 11.9 Å². The summed E-state index contributed by atoms with van der Waals surface area (Å²) in [5.41, 5.74) is 14.8. The normalized spacial score (nSPS) is 15.1. The molecule has 23 heavy (non-hydrogen) atoms. The lowest BCUT2D eigenvalue weighted by molar-refractivity contribution is 0.243. The molecular formula is C18H23N3O2. The van der Waals surface area contributed by atoms with Gasteiger partial charge in [-0.1, -0.05) is 6.92 Å². The highest BCUT2D eigenvalue weighted by molar-refractivity contribution is 5.77. The second-order valence-electron chi connectivity index (χ2n) is 6.34. The highest BCUT2D eigenvalue weighted by Gasteiger charge is 2.19. The Labute approximate surface area is 136 Å². The fraction of sp³-hybridized carbons (Fsp3) is 0.389. The van der Waals surface area contributed by atoms with Crippen molar-refractivity contribution in [2.75, 3.05) is 12.3 Å². The predicted octanol–water partition coefficient (Wildman–Crippen LogP) is 2.98. The number of nitrogen functional groups attached to an aromatic ring is 1. The van der Waals surface area contributed by atoms with Crippen LogP contribution in [0.2, 0.25) is 0 Å². The number of aromatic nitrogens is 1. The van der Waals surface area contributed by atoms with E-state index in [9.17, 15) is 0 Å². The highest BCUT2D eigenvalue weighted by atomic mass is 16.5. The van der Waals surface area contributed by atoms with Crippen LogP contribution in [0.5, 0.6) is 11.5 Å². The number of rotatable bonds is 5. The molecule has 0 aliphatic carbocycles. The Morgan fingerprint density at radius 2 is 2.09 bits per heavy atom. The summed E-state index contributed by atoms with van der Waals surface area (Å²) in [6.45, 7) is 5.31. The van der Waals surface area contributed by atoms with Crippen molar-refractivity contribution in [3.8, 4) is 22.6 Å². The number of ether oxygens (including phenoxy) is 2. The van der Waals surface area contributed by atoms with Gasteiger partial charge in [-0.05, 0) is 43.0 Å². The third kappa shape index (κ3) is 3.56. The summed E-state index contributed by atoms with van der Waals surface area (Å²) >= 11 is 0. The minimum absolute atomic E-state index is 0.191. The molecule has 0 fully saturated rings. The SMILES string of the molecule is CC(N)CC(C)COc1ccc2c(c1)OCc1cnc(N)cc1-2. The molecule has 0 amide bonds. The van der Waals surface area contributed by atoms with Crippen molar-refractivity contribution in [2.24, 2.45) is 11.7 Å². The summed E-state index contributed by atoms with van der Waals surface area (Å²) in [7, 11) is 0. The second-order valence-corrected chi connectivity index (χ2v) is 6.34. The molecule has 122 valence electrons. The van der Waals surface area contributed by atoms with Crippen LogP contribution in [-0.2, 0) is 6.61 Å². The zero-order valence-electron chi connectivity index (χ0n) is 13.6. The van der Waals surface area contributed by atoms with Gasteiger partial charge in [0.15, 0.2) is 0 Å². The molecule has 0 radical (unpaired) electrons. The fourth-order valence-electron chi connectivity index (χ4n) is 2.90. The van der Waals surface area contributed by atoms with E-state index in [0.29, 0.717) is 24.9 Å². The number of anilines is 1. The first-order valence-electron chi connectivity index (χ1n) is 7.93. The predicted molar refractivity (Wildman–Crippen MR) is 91.3 cm³/mol. The Balaban J connectivity index is 1.76. The molecule has 1 aliphatic rings. The van der Waals surface area contributed by atoms with Crippen molar-refractivity contribution in [1.29, 1.82) is 0 Å². The lowest BCUT2D eigenvalue weighted by Gasteiger charge is -2.22. The largest absolute Gasteiger partial charge is 0.493 e. The zero-order chi connectivity index (χ0) is 16.4. The van der Waals surface area contributed by atoms with Crippen LogP contribution in [0.3, 0.4) is 0 Å². The van der Waals surface area contributed by atoms with Crippen LogP contribution in [0.15, 0.2) is 30.5 Å². The Kier molecular flexibility index (Phi) is 4.39. The number of fused-ring (bicyclic) bond motifs is 3. The van der Waals surface area contributed by atoms with Crippen molar-refractivity contribution in [3.63, 3.8) is 0 Å². The molecule has 2 unspecified atom stereocenters. The average molecular weight is 313 g/mol. The number of benzene rings is 1. The highest BCUT2D eigenvalue weighted by Crippen LogP contribution is 2.39. The zero-order valence-corrected chi connectivity index (χ0v) is 13.6. The maximum atomic E-state index is 5.87. The van der Waals surface area contributed by atoms with Gasteiger partial charge in [-0.2, -0.15) is 0 Å². The maximum Gasteiger partial charge on any atom is 0.131 e. The number of nitrogens with two attached hydrogens (primary N) is 2. The molecule has 2 heterocycles. The Morgan fingerprint density at radius 3 is 2.87 bits per heavy atom. The third-order valence-electron chi connectivity index (χ3n) is 3.94. The van der Waals surface area contributed by atoms with Gasteiger partial charge in [0, 0.05) is 29.4 Å². The smallest absolute Gasteiger partial charge is 0.131 e. The molecule has 5 heteroatoms. The molecule has 1 aromatic carbocycles. The first kappa shape index (κ1) is 15.6. The van der Waals surface area contributed by atoms with E-state index in [0.717, 1.165) is 34.6 Å². The van der Waals surface area contributed by atoms with Gasteiger partial charge in [-0.3, -0.25) is 0 Å². The summed E-state index contributed by atoms with van der Waals surface area (Å²) in [6.07, 6.45) is 2.72. The summed E-state index contributed by atoms with van der Waals surface area (Å²) in [5, 5.41) is 0. The Hall–Kier alpha value is -2.27. The summed E-state index contributed by atoms with van der Waals surface area (Å²) in [4.78, 5) is 4.12. The van der Waals surface area contributed by atoms with Gasteiger partial charge < -0.3 is 20.9 Å². The first-order valence-corrected chi connectivity index (χ1v) is 7.93. The van der Waals surface area contributed by atoms with Gasteiger partial charge in [0.1, 0.15) is 23.9 Å². The van der Waals surface area contributed by atoms with Gasteiger partial charge in [0.25, 0.3) is 0 Å². The summed E-state index contributed by atoms with van der Waals surface area (Å²) in [6, 6.07) is 8.00. The van der Waals surface area contributed by atoms with Gasteiger partial charge in [0.2, 0.25) is 0 Å². The average Bonchev–Trinajstić information content (AvgIpc) is 2.51. The van der Waals surface area contributed by atoms with Crippen LogP contribution in [0.4, 0.5) is 5.82 Å². The van der Waals surface area contributed by atoms with Crippen LogP contribution in [0, 0.1) is 5.92 Å². The molecule has 0 spiro atoms. The van der Waals surface area contributed by atoms with Crippen molar-refractivity contribution in [2.45, 2.75) is 32.9 Å². The molecule has 0 saturated carbocycles. The van der Waals surface area contributed by atoms with E-state index in [4.69, 9.17) is 20.9 Å². The van der Waals surface area contributed by atoms with Gasteiger partial charge in [-0.25, -0.2) is 4.98 Å². The van der Waals surface area contributed by atoms with Gasteiger partial charge >= 0.3 is 0 Å². The number of hydrogen-bond donors (Lipinski definition) is 2. The lowest BCUT2D eigenvalue weighted by atomic mass is 9.98. The molecule has 0 bridgehead atoms. The minimum atomic E-state index is 0.191. The number of pyridine rings is 1. The van der Waals surface area contributed by atoms with Crippen LogP contribution in [-0.4, -0.2) is 17.6 Å². The molecule has 2 atom stereocenters. The lowest BCUT2D eigenvalue weighted by Crippen LogP contribution is -2.21. The van der Waals surface area contributed by atoms with Crippen molar-refractivity contribution in [1.82, 2.24) is 4.98 Å². The summed E-state index contributed by atoms with van der Waals surface area (Å²) in [5.74, 6) is 2.56. The fourth-order valence-corrected chi connectivity index (χ4v) is 2.90. The molecule has 5 nitrogen and oxygen atoms in total. The van der Waals surface area contributed by atoms with E-state index in [1.165, 1.54) is 0 Å². The minimum Gasteiger partial charge on any atom is -0.493 e. The van der Waals surface area contributed by atoms with Gasteiger partial charge in [-0.15, -0.1) is 0 Å². The monoisotopic (exact) mass is 313 g/mol.